The Hall–Kier alpha value is -2.18. The van der Waals surface area contributed by atoms with Crippen LogP contribution in [-0.2, 0) is 16.3 Å². The van der Waals surface area contributed by atoms with Gasteiger partial charge in [0, 0.05) is 24.9 Å². The van der Waals surface area contributed by atoms with Crippen molar-refractivity contribution < 1.29 is 8.42 Å². The SMILES string of the molecule is Cc1ccc(Cc2csc(N3CCC(S(=O)(=O)c4c(C(C)C)cc(C(C)C)cc4C(C)C)CC3)n2)cc1. The van der Waals surface area contributed by atoms with E-state index in [1.54, 1.807) is 11.3 Å². The van der Waals surface area contributed by atoms with Crippen LogP contribution in [0.3, 0.4) is 0 Å². The molecule has 1 fully saturated rings. The Bertz CT molecular complexity index is 1280. The van der Waals surface area contributed by atoms with Gasteiger partial charge in [0.15, 0.2) is 15.0 Å². The van der Waals surface area contributed by atoms with Crippen LogP contribution in [0.25, 0.3) is 0 Å². The average molecular weight is 539 g/mol. The molecule has 0 N–H and O–H groups in total. The van der Waals surface area contributed by atoms with E-state index in [0.29, 0.717) is 23.7 Å². The lowest BCUT2D eigenvalue weighted by Gasteiger charge is -2.33. The third-order valence-corrected chi connectivity index (χ3v) is 10.9. The van der Waals surface area contributed by atoms with E-state index in [1.807, 2.05) is 0 Å². The number of nitrogens with zero attached hydrogens (tertiary/aromatic N) is 2. The van der Waals surface area contributed by atoms with Gasteiger partial charge in [-0.2, -0.15) is 0 Å². The molecule has 0 amide bonds. The highest BCUT2D eigenvalue weighted by Crippen LogP contribution is 2.39. The Labute approximate surface area is 228 Å². The van der Waals surface area contributed by atoms with Gasteiger partial charge in [-0.05, 0) is 59.8 Å². The van der Waals surface area contributed by atoms with Crippen LogP contribution < -0.4 is 4.90 Å². The number of aromatic nitrogens is 1. The van der Waals surface area contributed by atoms with E-state index in [1.165, 1.54) is 16.7 Å². The number of rotatable bonds is 8. The molecule has 0 aliphatic carbocycles. The zero-order valence-electron chi connectivity index (χ0n) is 23.4. The summed E-state index contributed by atoms with van der Waals surface area (Å²) in [5.41, 5.74) is 6.80. The molecular weight excluding hydrogens is 496 g/mol. The minimum Gasteiger partial charge on any atom is -0.348 e. The van der Waals surface area contributed by atoms with Crippen LogP contribution in [0.5, 0.6) is 0 Å². The second-order valence-corrected chi connectivity index (χ2v) is 14.5. The molecule has 1 aliphatic heterocycles. The summed E-state index contributed by atoms with van der Waals surface area (Å²) in [6.07, 6.45) is 2.09. The molecule has 0 saturated carbocycles. The van der Waals surface area contributed by atoms with Crippen molar-refractivity contribution in [2.75, 3.05) is 18.0 Å². The molecule has 4 rings (SSSR count). The van der Waals surface area contributed by atoms with Crippen LogP contribution in [0, 0.1) is 6.92 Å². The summed E-state index contributed by atoms with van der Waals surface area (Å²) < 4.78 is 28.3. The number of benzene rings is 2. The zero-order valence-corrected chi connectivity index (χ0v) is 25.0. The third kappa shape index (κ3) is 6.12. The van der Waals surface area contributed by atoms with Crippen molar-refractivity contribution in [3.05, 3.63) is 75.3 Å². The number of hydrogen-bond acceptors (Lipinski definition) is 5. The van der Waals surface area contributed by atoms with Crippen LogP contribution in [0.15, 0.2) is 46.7 Å². The third-order valence-electron chi connectivity index (χ3n) is 7.56. The topological polar surface area (TPSA) is 50.3 Å². The highest BCUT2D eigenvalue weighted by Gasteiger charge is 2.36. The Morgan fingerprint density at radius 1 is 0.919 bits per heavy atom. The first-order valence-electron chi connectivity index (χ1n) is 13.6. The number of hydrogen-bond donors (Lipinski definition) is 0. The molecule has 2 heterocycles. The quantitative estimate of drug-likeness (QED) is 0.293. The van der Waals surface area contributed by atoms with Gasteiger partial charge in [0.2, 0.25) is 0 Å². The van der Waals surface area contributed by atoms with Crippen molar-refractivity contribution in [2.45, 2.75) is 95.6 Å². The fraction of sp³-hybridized carbons (Fsp3) is 0.516. The van der Waals surface area contributed by atoms with Gasteiger partial charge < -0.3 is 4.90 Å². The molecule has 0 unspecified atom stereocenters. The first-order valence-corrected chi connectivity index (χ1v) is 16.1. The van der Waals surface area contributed by atoms with Crippen LogP contribution in [0.4, 0.5) is 5.13 Å². The van der Waals surface area contributed by atoms with E-state index in [0.717, 1.165) is 41.5 Å². The molecule has 37 heavy (non-hydrogen) atoms. The van der Waals surface area contributed by atoms with E-state index >= 15 is 0 Å². The molecule has 3 aromatic rings. The van der Waals surface area contributed by atoms with Gasteiger partial charge in [-0.1, -0.05) is 83.5 Å². The maximum absolute atomic E-state index is 14.2. The zero-order chi connectivity index (χ0) is 26.9. The van der Waals surface area contributed by atoms with E-state index in [4.69, 9.17) is 4.98 Å². The van der Waals surface area contributed by atoms with Crippen LogP contribution in [0.1, 0.15) is 106 Å². The summed E-state index contributed by atoms with van der Waals surface area (Å²) in [7, 11) is -3.44. The highest BCUT2D eigenvalue weighted by atomic mass is 32.2. The Morgan fingerprint density at radius 3 is 2.00 bits per heavy atom. The Kier molecular flexibility index (Phi) is 8.49. The number of aryl methyl sites for hydroxylation is 1. The van der Waals surface area contributed by atoms with Crippen LogP contribution >= 0.6 is 11.3 Å². The molecule has 2 aromatic carbocycles. The Morgan fingerprint density at radius 2 is 1.49 bits per heavy atom. The maximum atomic E-state index is 14.2. The van der Waals surface area contributed by atoms with Gasteiger partial charge in [0.25, 0.3) is 0 Å². The van der Waals surface area contributed by atoms with Crippen LogP contribution in [0.2, 0.25) is 0 Å². The normalized spacial score (nSPS) is 15.4. The lowest BCUT2D eigenvalue weighted by atomic mass is 9.89. The maximum Gasteiger partial charge on any atom is 0.185 e. The number of thiazole rings is 1. The summed E-state index contributed by atoms with van der Waals surface area (Å²) in [6, 6.07) is 12.9. The second-order valence-electron chi connectivity index (χ2n) is 11.5. The van der Waals surface area contributed by atoms with Gasteiger partial charge in [-0.3, -0.25) is 0 Å². The predicted octanol–water partition coefficient (Wildman–Crippen LogP) is 7.86. The standard InChI is InChI=1S/C31H42N2O2S2/c1-20(2)25-17-28(21(3)4)30(29(18-25)22(5)6)37(34,35)27-12-14-33(15-13-27)31-32-26(19-36-31)16-24-10-8-23(7)9-11-24/h8-11,17-22,27H,12-16H2,1-7H3. The first-order chi connectivity index (χ1) is 17.5. The summed E-state index contributed by atoms with van der Waals surface area (Å²) in [4.78, 5) is 7.77. The van der Waals surface area contributed by atoms with Crippen molar-refractivity contribution in [3.63, 3.8) is 0 Å². The van der Waals surface area contributed by atoms with E-state index in [2.05, 4.69) is 95.1 Å². The molecule has 0 spiro atoms. The van der Waals surface area contributed by atoms with E-state index in [9.17, 15) is 8.42 Å². The van der Waals surface area contributed by atoms with Gasteiger partial charge in [-0.15, -0.1) is 11.3 Å². The van der Waals surface area contributed by atoms with Crippen molar-refractivity contribution in [1.82, 2.24) is 4.98 Å². The molecular formula is C31H42N2O2S2. The summed E-state index contributed by atoms with van der Waals surface area (Å²) in [5.74, 6) is 0.677. The largest absolute Gasteiger partial charge is 0.348 e. The summed E-state index contributed by atoms with van der Waals surface area (Å²) >= 11 is 1.67. The van der Waals surface area contributed by atoms with Crippen molar-refractivity contribution >= 4 is 26.3 Å². The van der Waals surface area contributed by atoms with Crippen molar-refractivity contribution in [2.24, 2.45) is 0 Å². The van der Waals surface area contributed by atoms with E-state index < -0.39 is 9.84 Å². The molecule has 6 heteroatoms. The van der Waals surface area contributed by atoms with Crippen LogP contribution in [-0.4, -0.2) is 31.7 Å². The number of sulfone groups is 1. The molecule has 0 bridgehead atoms. The first kappa shape index (κ1) is 27.8. The summed E-state index contributed by atoms with van der Waals surface area (Å²) in [6.45, 7) is 16.4. The summed E-state index contributed by atoms with van der Waals surface area (Å²) in [5, 5.41) is 2.79. The average Bonchev–Trinajstić information content (AvgIpc) is 3.33. The number of piperidine rings is 1. The lowest BCUT2D eigenvalue weighted by molar-refractivity contribution is 0.526. The lowest BCUT2D eigenvalue weighted by Crippen LogP contribution is -2.40. The smallest absolute Gasteiger partial charge is 0.185 e. The minimum absolute atomic E-state index is 0.156. The van der Waals surface area contributed by atoms with E-state index in [-0.39, 0.29) is 17.1 Å². The van der Waals surface area contributed by atoms with Crippen molar-refractivity contribution in [1.29, 1.82) is 0 Å². The molecule has 1 aliphatic rings. The minimum atomic E-state index is -3.44. The highest BCUT2D eigenvalue weighted by molar-refractivity contribution is 7.92. The molecule has 4 nitrogen and oxygen atoms in total. The molecule has 0 atom stereocenters. The van der Waals surface area contributed by atoms with Gasteiger partial charge in [-0.25, -0.2) is 13.4 Å². The Balaban J connectivity index is 1.53. The second kappa shape index (κ2) is 11.3. The monoisotopic (exact) mass is 538 g/mol. The number of anilines is 1. The molecule has 1 aromatic heterocycles. The predicted molar refractivity (Wildman–Crippen MR) is 157 cm³/mol. The van der Waals surface area contributed by atoms with Gasteiger partial charge in [0.1, 0.15) is 0 Å². The molecule has 0 radical (unpaired) electrons. The fourth-order valence-corrected chi connectivity index (χ4v) is 8.47. The molecule has 1 saturated heterocycles. The molecule has 200 valence electrons. The fourth-order valence-electron chi connectivity index (χ4n) is 5.18. The van der Waals surface area contributed by atoms with Gasteiger partial charge >= 0.3 is 0 Å². The van der Waals surface area contributed by atoms with Crippen molar-refractivity contribution in [3.8, 4) is 0 Å². The van der Waals surface area contributed by atoms with Gasteiger partial charge in [0.05, 0.1) is 15.8 Å².